The van der Waals surface area contributed by atoms with Crippen LogP contribution in [0.15, 0.2) is 48.5 Å². The molecule has 2 aromatic rings. The molecule has 0 saturated heterocycles. The maximum absolute atomic E-state index is 13.6. The number of halogens is 1. The van der Waals surface area contributed by atoms with Gasteiger partial charge in [-0.25, -0.2) is 9.18 Å². The average Bonchev–Trinajstić information content (AvgIpc) is 2.50. The fraction of sp³-hybridized carbons (Fsp3) is 0.188. The van der Waals surface area contributed by atoms with Crippen LogP contribution in [-0.4, -0.2) is 25.1 Å². The summed E-state index contributed by atoms with van der Waals surface area (Å²) in [5.41, 5.74) is 1.04. The number of benzene rings is 2. The SMILES string of the molecule is COc1ccccc1NC(=O)N(C)Cc1ccccc1F. The summed E-state index contributed by atoms with van der Waals surface area (Å²) in [6.07, 6.45) is 0. The number of carbonyl (C=O) groups excluding carboxylic acids is 1. The number of para-hydroxylation sites is 2. The van der Waals surface area contributed by atoms with Crippen LogP contribution < -0.4 is 10.1 Å². The predicted octanol–water partition coefficient (Wildman–Crippen LogP) is 3.50. The molecule has 2 aromatic carbocycles. The van der Waals surface area contributed by atoms with Gasteiger partial charge in [-0.1, -0.05) is 30.3 Å². The highest BCUT2D eigenvalue weighted by Crippen LogP contribution is 2.23. The lowest BCUT2D eigenvalue weighted by Gasteiger charge is -2.19. The van der Waals surface area contributed by atoms with Gasteiger partial charge in [-0.2, -0.15) is 0 Å². The fourth-order valence-corrected chi connectivity index (χ4v) is 1.91. The number of ether oxygens (including phenoxy) is 1. The highest BCUT2D eigenvalue weighted by molar-refractivity contribution is 5.90. The summed E-state index contributed by atoms with van der Waals surface area (Å²) in [6, 6.07) is 13.2. The Balaban J connectivity index is 2.05. The Bertz CT molecular complexity index is 631. The zero-order valence-electron chi connectivity index (χ0n) is 12.0. The Morgan fingerprint density at radius 3 is 2.57 bits per heavy atom. The Kier molecular flexibility index (Phi) is 4.77. The molecular weight excluding hydrogens is 271 g/mol. The van der Waals surface area contributed by atoms with E-state index in [1.54, 1.807) is 43.4 Å². The molecule has 110 valence electrons. The second-order valence-electron chi connectivity index (χ2n) is 4.58. The Morgan fingerprint density at radius 1 is 1.19 bits per heavy atom. The van der Waals surface area contributed by atoms with E-state index in [-0.39, 0.29) is 18.4 Å². The van der Waals surface area contributed by atoms with Crippen LogP contribution >= 0.6 is 0 Å². The van der Waals surface area contributed by atoms with E-state index in [9.17, 15) is 9.18 Å². The Labute approximate surface area is 123 Å². The van der Waals surface area contributed by atoms with E-state index >= 15 is 0 Å². The molecule has 0 heterocycles. The molecule has 0 bridgehead atoms. The monoisotopic (exact) mass is 288 g/mol. The largest absolute Gasteiger partial charge is 0.495 e. The van der Waals surface area contributed by atoms with Gasteiger partial charge in [0.2, 0.25) is 0 Å². The van der Waals surface area contributed by atoms with Gasteiger partial charge in [0.25, 0.3) is 0 Å². The Hall–Kier alpha value is -2.56. The minimum atomic E-state index is -0.331. The minimum absolute atomic E-state index is 0.188. The van der Waals surface area contributed by atoms with Crippen LogP contribution in [0.4, 0.5) is 14.9 Å². The second kappa shape index (κ2) is 6.74. The standard InChI is InChI=1S/C16H17FN2O2/c1-19(11-12-7-3-4-8-13(12)17)16(20)18-14-9-5-6-10-15(14)21-2/h3-10H,11H2,1-2H3,(H,18,20). The third kappa shape index (κ3) is 3.72. The molecular formula is C16H17FN2O2. The minimum Gasteiger partial charge on any atom is -0.495 e. The van der Waals surface area contributed by atoms with Crippen LogP contribution in [0.2, 0.25) is 0 Å². The number of hydrogen-bond donors (Lipinski definition) is 1. The van der Waals surface area contributed by atoms with E-state index in [4.69, 9.17) is 4.74 Å². The summed E-state index contributed by atoms with van der Waals surface area (Å²) in [5, 5.41) is 2.74. The van der Waals surface area contributed by atoms with Crippen molar-refractivity contribution in [1.29, 1.82) is 0 Å². The summed E-state index contributed by atoms with van der Waals surface area (Å²) in [6.45, 7) is 0.188. The van der Waals surface area contributed by atoms with Crippen LogP contribution in [0.5, 0.6) is 5.75 Å². The molecule has 0 spiro atoms. The average molecular weight is 288 g/mol. The van der Waals surface area contributed by atoms with E-state index < -0.39 is 0 Å². The van der Waals surface area contributed by atoms with Gasteiger partial charge < -0.3 is 15.0 Å². The first-order chi connectivity index (χ1) is 10.1. The molecule has 0 aliphatic heterocycles. The molecule has 0 radical (unpaired) electrons. The number of hydrogen-bond acceptors (Lipinski definition) is 2. The lowest BCUT2D eigenvalue weighted by Crippen LogP contribution is -2.31. The maximum atomic E-state index is 13.6. The van der Waals surface area contributed by atoms with Crippen LogP contribution in [0.25, 0.3) is 0 Å². The zero-order valence-corrected chi connectivity index (χ0v) is 12.0. The molecule has 21 heavy (non-hydrogen) atoms. The molecule has 4 nitrogen and oxygen atoms in total. The first kappa shape index (κ1) is 14.8. The van der Waals surface area contributed by atoms with Crippen LogP contribution in [0.1, 0.15) is 5.56 Å². The van der Waals surface area contributed by atoms with Gasteiger partial charge in [-0.3, -0.25) is 0 Å². The summed E-state index contributed by atoms with van der Waals surface area (Å²) in [5.74, 6) is 0.250. The highest BCUT2D eigenvalue weighted by Gasteiger charge is 2.13. The lowest BCUT2D eigenvalue weighted by molar-refractivity contribution is 0.220. The van der Waals surface area contributed by atoms with Crippen molar-refractivity contribution in [2.75, 3.05) is 19.5 Å². The van der Waals surface area contributed by atoms with Crippen molar-refractivity contribution < 1.29 is 13.9 Å². The summed E-state index contributed by atoms with van der Waals surface area (Å²) in [4.78, 5) is 13.5. The lowest BCUT2D eigenvalue weighted by atomic mass is 10.2. The van der Waals surface area contributed by atoms with Gasteiger partial charge in [0, 0.05) is 19.2 Å². The molecule has 0 saturated carbocycles. The van der Waals surface area contributed by atoms with Crippen molar-refractivity contribution in [3.63, 3.8) is 0 Å². The third-order valence-electron chi connectivity index (χ3n) is 3.06. The van der Waals surface area contributed by atoms with Gasteiger partial charge in [0.15, 0.2) is 0 Å². The van der Waals surface area contributed by atoms with Crippen LogP contribution in [0, 0.1) is 5.82 Å². The molecule has 0 aromatic heterocycles. The van der Waals surface area contributed by atoms with Gasteiger partial charge in [0.1, 0.15) is 11.6 Å². The third-order valence-corrected chi connectivity index (χ3v) is 3.06. The predicted molar refractivity (Wildman–Crippen MR) is 79.9 cm³/mol. The van der Waals surface area contributed by atoms with Gasteiger partial charge in [0.05, 0.1) is 12.8 Å². The molecule has 0 aliphatic rings. The van der Waals surface area contributed by atoms with Crippen molar-refractivity contribution in [1.82, 2.24) is 4.90 Å². The van der Waals surface area contributed by atoms with Gasteiger partial charge in [-0.05, 0) is 18.2 Å². The molecule has 0 aliphatic carbocycles. The number of nitrogens with zero attached hydrogens (tertiary/aromatic N) is 1. The second-order valence-corrected chi connectivity index (χ2v) is 4.58. The number of amides is 2. The topological polar surface area (TPSA) is 41.6 Å². The number of carbonyl (C=O) groups is 1. The van der Waals surface area contributed by atoms with Crippen molar-refractivity contribution in [3.05, 3.63) is 59.9 Å². The van der Waals surface area contributed by atoms with E-state index in [0.717, 1.165) is 0 Å². The molecule has 1 N–H and O–H groups in total. The summed E-state index contributed by atoms with van der Waals surface area (Å²) < 4.78 is 18.8. The van der Waals surface area contributed by atoms with Crippen LogP contribution in [0.3, 0.4) is 0 Å². The van der Waals surface area contributed by atoms with Crippen molar-refractivity contribution in [2.24, 2.45) is 0 Å². The summed E-state index contributed by atoms with van der Waals surface area (Å²) in [7, 11) is 3.14. The molecule has 0 atom stereocenters. The maximum Gasteiger partial charge on any atom is 0.321 e. The molecule has 0 fully saturated rings. The molecule has 2 amide bonds. The molecule has 2 rings (SSSR count). The number of nitrogens with one attached hydrogen (secondary N) is 1. The number of anilines is 1. The quantitative estimate of drug-likeness (QED) is 0.935. The number of methoxy groups -OCH3 is 1. The van der Waals surface area contributed by atoms with Crippen LogP contribution in [-0.2, 0) is 6.54 Å². The van der Waals surface area contributed by atoms with Crippen molar-refractivity contribution in [3.8, 4) is 5.75 Å². The summed E-state index contributed by atoms with van der Waals surface area (Å²) >= 11 is 0. The van der Waals surface area contributed by atoms with Crippen molar-refractivity contribution in [2.45, 2.75) is 6.54 Å². The Morgan fingerprint density at radius 2 is 1.86 bits per heavy atom. The number of urea groups is 1. The zero-order chi connectivity index (χ0) is 15.2. The van der Waals surface area contributed by atoms with Gasteiger partial charge >= 0.3 is 6.03 Å². The van der Waals surface area contributed by atoms with Crippen molar-refractivity contribution >= 4 is 11.7 Å². The van der Waals surface area contributed by atoms with E-state index in [2.05, 4.69) is 5.32 Å². The molecule has 5 heteroatoms. The van der Waals surface area contributed by atoms with E-state index in [1.165, 1.54) is 18.1 Å². The molecule has 0 unspecified atom stereocenters. The fourth-order valence-electron chi connectivity index (χ4n) is 1.91. The number of rotatable bonds is 4. The normalized spacial score (nSPS) is 10.0. The van der Waals surface area contributed by atoms with E-state index in [0.29, 0.717) is 17.0 Å². The highest BCUT2D eigenvalue weighted by atomic mass is 19.1. The van der Waals surface area contributed by atoms with E-state index in [1.807, 2.05) is 6.07 Å². The smallest absolute Gasteiger partial charge is 0.321 e. The first-order valence-corrected chi connectivity index (χ1v) is 6.50. The van der Waals surface area contributed by atoms with Gasteiger partial charge in [-0.15, -0.1) is 0 Å². The first-order valence-electron chi connectivity index (χ1n) is 6.50.